The fourth-order valence-electron chi connectivity index (χ4n) is 2.20. The molecule has 0 bridgehead atoms. The van der Waals surface area contributed by atoms with Gasteiger partial charge in [0.25, 0.3) is 0 Å². The first-order valence-corrected chi connectivity index (χ1v) is 6.25. The molecule has 0 fully saturated rings. The molecule has 1 atom stereocenters. The van der Waals surface area contributed by atoms with E-state index in [1.807, 2.05) is 38.1 Å². The van der Waals surface area contributed by atoms with Crippen molar-refractivity contribution in [2.24, 2.45) is 0 Å². The van der Waals surface area contributed by atoms with Gasteiger partial charge in [-0.25, -0.2) is 0 Å². The van der Waals surface area contributed by atoms with Crippen LogP contribution < -0.4 is 5.32 Å². The van der Waals surface area contributed by atoms with Gasteiger partial charge in [-0.15, -0.1) is 0 Å². The molecule has 0 spiro atoms. The van der Waals surface area contributed by atoms with Gasteiger partial charge in [0, 0.05) is 6.04 Å². The van der Waals surface area contributed by atoms with Gasteiger partial charge >= 0.3 is 5.69 Å². The highest BCUT2D eigenvalue weighted by atomic mass is 19.1. The standard InChI is InChI=1S/C15H15FN2O2/c1-10-6-3-4-7-12(10)11(2)17-14-9-5-8-13(16)15(14)18(19)20/h3-9,11,17H,1-2H3. The molecule has 0 amide bonds. The average Bonchev–Trinajstić information content (AvgIpc) is 2.38. The van der Waals surface area contributed by atoms with E-state index < -0.39 is 16.4 Å². The van der Waals surface area contributed by atoms with Crippen LogP contribution in [0.25, 0.3) is 0 Å². The molecular formula is C15H15FN2O2. The fourth-order valence-corrected chi connectivity index (χ4v) is 2.20. The van der Waals surface area contributed by atoms with Crippen molar-refractivity contribution in [3.05, 3.63) is 69.5 Å². The highest BCUT2D eigenvalue weighted by Crippen LogP contribution is 2.31. The van der Waals surface area contributed by atoms with Crippen LogP contribution in [0.3, 0.4) is 0 Å². The second-order valence-electron chi connectivity index (χ2n) is 4.62. The minimum Gasteiger partial charge on any atom is -0.373 e. The Morgan fingerprint density at radius 3 is 2.55 bits per heavy atom. The molecule has 20 heavy (non-hydrogen) atoms. The van der Waals surface area contributed by atoms with Gasteiger partial charge in [-0.2, -0.15) is 4.39 Å². The molecule has 0 heterocycles. The van der Waals surface area contributed by atoms with Crippen molar-refractivity contribution in [1.82, 2.24) is 0 Å². The van der Waals surface area contributed by atoms with Crippen LogP contribution in [-0.2, 0) is 0 Å². The summed E-state index contributed by atoms with van der Waals surface area (Å²) in [6.45, 7) is 3.85. The number of nitrogens with zero attached hydrogens (tertiary/aromatic N) is 1. The number of hydrogen-bond acceptors (Lipinski definition) is 3. The Balaban J connectivity index is 2.33. The van der Waals surface area contributed by atoms with Crippen molar-refractivity contribution in [2.45, 2.75) is 19.9 Å². The predicted octanol–water partition coefficient (Wildman–Crippen LogP) is 4.22. The predicted molar refractivity (Wildman–Crippen MR) is 76.3 cm³/mol. The molecule has 1 unspecified atom stereocenters. The zero-order valence-corrected chi connectivity index (χ0v) is 11.3. The Kier molecular flexibility index (Phi) is 3.98. The second-order valence-corrected chi connectivity index (χ2v) is 4.62. The maximum atomic E-state index is 13.6. The molecule has 0 radical (unpaired) electrons. The minimum atomic E-state index is -0.836. The topological polar surface area (TPSA) is 55.2 Å². The van der Waals surface area contributed by atoms with Crippen molar-refractivity contribution in [3.63, 3.8) is 0 Å². The summed E-state index contributed by atoms with van der Waals surface area (Å²) in [5.41, 5.74) is 1.76. The quantitative estimate of drug-likeness (QED) is 0.671. The van der Waals surface area contributed by atoms with E-state index in [-0.39, 0.29) is 11.7 Å². The zero-order chi connectivity index (χ0) is 14.7. The van der Waals surface area contributed by atoms with Crippen LogP contribution in [0.5, 0.6) is 0 Å². The molecular weight excluding hydrogens is 259 g/mol. The number of nitro groups is 1. The molecule has 4 nitrogen and oxygen atoms in total. The van der Waals surface area contributed by atoms with Crippen molar-refractivity contribution in [2.75, 3.05) is 5.32 Å². The number of nitro benzene ring substituents is 1. The second kappa shape index (κ2) is 5.69. The lowest BCUT2D eigenvalue weighted by Crippen LogP contribution is -2.10. The molecule has 104 valence electrons. The summed E-state index contributed by atoms with van der Waals surface area (Å²) >= 11 is 0. The first-order chi connectivity index (χ1) is 9.50. The van der Waals surface area contributed by atoms with Crippen molar-refractivity contribution < 1.29 is 9.31 Å². The van der Waals surface area contributed by atoms with Gasteiger partial charge in [-0.3, -0.25) is 10.1 Å². The van der Waals surface area contributed by atoms with E-state index in [1.54, 1.807) is 0 Å². The maximum Gasteiger partial charge on any atom is 0.327 e. The van der Waals surface area contributed by atoms with E-state index in [9.17, 15) is 14.5 Å². The van der Waals surface area contributed by atoms with Crippen LogP contribution in [0.1, 0.15) is 24.1 Å². The summed E-state index contributed by atoms with van der Waals surface area (Å²) in [6.07, 6.45) is 0. The number of hydrogen-bond donors (Lipinski definition) is 1. The molecule has 0 aliphatic heterocycles. The van der Waals surface area contributed by atoms with Crippen LogP contribution in [0.4, 0.5) is 15.8 Å². The van der Waals surface area contributed by atoms with Gasteiger partial charge in [0.05, 0.1) is 4.92 Å². The third-order valence-corrected chi connectivity index (χ3v) is 3.20. The molecule has 0 aromatic heterocycles. The van der Waals surface area contributed by atoms with E-state index in [1.165, 1.54) is 12.1 Å². The van der Waals surface area contributed by atoms with E-state index in [0.29, 0.717) is 0 Å². The normalized spacial score (nSPS) is 11.9. The van der Waals surface area contributed by atoms with E-state index in [0.717, 1.165) is 17.2 Å². The minimum absolute atomic E-state index is 0.156. The molecule has 0 saturated heterocycles. The maximum absolute atomic E-state index is 13.6. The number of anilines is 1. The lowest BCUT2D eigenvalue weighted by Gasteiger charge is -2.17. The number of halogens is 1. The molecule has 0 saturated carbocycles. The van der Waals surface area contributed by atoms with E-state index in [4.69, 9.17) is 0 Å². The molecule has 2 aromatic carbocycles. The molecule has 0 aliphatic carbocycles. The van der Waals surface area contributed by atoms with Gasteiger partial charge in [-0.1, -0.05) is 30.3 Å². The Morgan fingerprint density at radius 2 is 1.90 bits per heavy atom. The summed E-state index contributed by atoms with van der Waals surface area (Å²) in [7, 11) is 0. The van der Waals surface area contributed by atoms with Gasteiger partial charge in [0.2, 0.25) is 5.82 Å². The monoisotopic (exact) mass is 274 g/mol. The Bertz CT molecular complexity index is 644. The number of nitrogens with one attached hydrogen (secondary N) is 1. The van der Waals surface area contributed by atoms with Crippen LogP contribution in [0.15, 0.2) is 42.5 Å². The number of rotatable bonds is 4. The highest BCUT2D eigenvalue weighted by Gasteiger charge is 2.21. The number of benzene rings is 2. The molecule has 1 N–H and O–H groups in total. The third kappa shape index (κ3) is 2.77. The average molecular weight is 274 g/mol. The number of para-hydroxylation sites is 1. The van der Waals surface area contributed by atoms with Gasteiger partial charge in [0.15, 0.2) is 0 Å². The van der Waals surface area contributed by atoms with Crippen molar-refractivity contribution in [3.8, 4) is 0 Å². The highest BCUT2D eigenvalue weighted by molar-refractivity contribution is 5.63. The molecule has 5 heteroatoms. The Hall–Kier alpha value is -2.43. The first-order valence-electron chi connectivity index (χ1n) is 6.25. The van der Waals surface area contributed by atoms with Crippen LogP contribution in [0, 0.1) is 22.9 Å². The molecule has 0 aliphatic rings. The lowest BCUT2D eigenvalue weighted by atomic mass is 10.0. The molecule has 2 rings (SSSR count). The van der Waals surface area contributed by atoms with Crippen LogP contribution in [-0.4, -0.2) is 4.92 Å². The summed E-state index contributed by atoms with van der Waals surface area (Å²) in [5.74, 6) is -0.836. The van der Waals surface area contributed by atoms with E-state index >= 15 is 0 Å². The van der Waals surface area contributed by atoms with Crippen molar-refractivity contribution >= 4 is 11.4 Å². The molecule has 2 aromatic rings. The smallest absolute Gasteiger partial charge is 0.327 e. The Labute approximate surface area is 116 Å². The van der Waals surface area contributed by atoms with Crippen LogP contribution in [0.2, 0.25) is 0 Å². The van der Waals surface area contributed by atoms with Gasteiger partial charge in [-0.05, 0) is 37.1 Å². The summed E-state index contributed by atoms with van der Waals surface area (Å²) < 4.78 is 13.6. The largest absolute Gasteiger partial charge is 0.373 e. The first kappa shape index (κ1) is 14.0. The fraction of sp³-hybridized carbons (Fsp3) is 0.200. The Morgan fingerprint density at radius 1 is 1.20 bits per heavy atom. The third-order valence-electron chi connectivity index (χ3n) is 3.20. The zero-order valence-electron chi connectivity index (χ0n) is 11.3. The van der Waals surface area contributed by atoms with Gasteiger partial charge < -0.3 is 5.32 Å². The number of aryl methyl sites for hydroxylation is 1. The SMILES string of the molecule is Cc1ccccc1C(C)Nc1cccc(F)c1[N+](=O)[O-]. The van der Waals surface area contributed by atoms with E-state index in [2.05, 4.69) is 5.32 Å². The van der Waals surface area contributed by atoms with Gasteiger partial charge in [0.1, 0.15) is 5.69 Å². The lowest BCUT2D eigenvalue weighted by molar-refractivity contribution is -0.386. The summed E-state index contributed by atoms with van der Waals surface area (Å²) in [5, 5.41) is 14.0. The summed E-state index contributed by atoms with van der Waals surface area (Å²) in [4.78, 5) is 10.2. The van der Waals surface area contributed by atoms with Crippen LogP contribution >= 0.6 is 0 Å². The van der Waals surface area contributed by atoms with Crippen molar-refractivity contribution in [1.29, 1.82) is 0 Å². The summed E-state index contributed by atoms with van der Waals surface area (Å²) in [6, 6.07) is 11.6.